The molecule has 1 aliphatic rings. The van der Waals surface area contributed by atoms with E-state index in [2.05, 4.69) is 67.6 Å². The number of ether oxygens (including phenoxy) is 1. The molecular formula is C20H33N3O2. The van der Waals surface area contributed by atoms with E-state index in [0.29, 0.717) is 19.0 Å². The second-order valence-electron chi connectivity index (χ2n) is 7.31. The number of urea groups is 1. The molecule has 25 heavy (non-hydrogen) atoms. The molecule has 2 atom stereocenters. The summed E-state index contributed by atoms with van der Waals surface area (Å²) in [6, 6.07) is 8.30. The number of hydrogen-bond acceptors (Lipinski definition) is 3. The van der Waals surface area contributed by atoms with Gasteiger partial charge in [0.2, 0.25) is 0 Å². The summed E-state index contributed by atoms with van der Waals surface area (Å²) >= 11 is 0. The molecule has 1 saturated heterocycles. The summed E-state index contributed by atoms with van der Waals surface area (Å²) in [5.74, 6) is 0.498. The fourth-order valence-corrected chi connectivity index (χ4v) is 3.45. The maximum absolute atomic E-state index is 12.1. The van der Waals surface area contributed by atoms with Crippen molar-refractivity contribution >= 4 is 6.03 Å². The van der Waals surface area contributed by atoms with Crippen LogP contribution in [0.5, 0.6) is 0 Å². The fraction of sp³-hybridized carbons (Fsp3) is 0.650. The Bertz CT molecular complexity index is 539. The molecular weight excluding hydrogens is 314 g/mol. The van der Waals surface area contributed by atoms with E-state index < -0.39 is 0 Å². The van der Waals surface area contributed by atoms with Gasteiger partial charge in [-0.2, -0.15) is 0 Å². The molecule has 0 aliphatic carbocycles. The first kappa shape index (κ1) is 19.7. The van der Waals surface area contributed by atoms with Crippen LogP contribution in [0.25, 0.3) is 0 Å². The van der Waals surface area contributed by atoms with Gasteiger partial charge in [-0.05, 0) is 57.3 Å². The van der Waals surface area contributed by atoms with Crippen LogP contribution in [-0.4, -0.2) is 43.3 Å². The molecule has 1 aromatic carbocycles. The van der Waals surface area contributed by atoms with Gasteiger partial charge < -0.3 is 20.3 Å². The molecule has 0 bridgehead atoms. The van der Waals surface area contributed by atoms with Gasteiger partial charge in [0.1, 0.15) is 0 Å². The van der Waals surface area contributed by atoms with Crippen molar-refractivity contribution in [3.05, 3.63) is 35.4 Å². The van der Waals surface area contributed by atoms with Crippen molar-refractivity contribution in [1.29, 1.82) is 0 Å². The lowest BCUT2D eigenvalue weighted by Crippen LogP contribution is -2.41. The zero-order chi connectivity index (χ0) is 18.2. The van der Waals surface area contributed by atoms with E-state index in [9.17, 15) is 4.79 Å². The number of carbonyl (C=O) groups is 1. The minimum absolute atomic E-state index is 0.0946. The molecule has 0 radical (unpaired) electrons. The molecule has 2 unspecified atom stereocenters. The van der Waals surface area contributed by atoms with Gasteiger partial charge in [-0.25, -0.2) is 4.79 Å². The molecule has 2 amide bonds. The highest BCUT2D eigenvalue weighted by Gasteiger charge is 2.24. The van der Waals surface area contributed by atoms with Crippen molar-refractivity contribution in [2.24, 2.45) is 5.92 Å². The van der Waals surface area contributed by atoms with Gasteiger partial charge in [-0.1, -0.05) is 31.2 Å². The predicted octanol–water partition coefficient (Wildman–Crippen LogP) is 3.14. The largest absolute Gasteiger partial charge is 0.376 e. The molecule has 2 rings (SSSR count). The average Bonchev–Trinajstić information content (AvgIpc) is 2.57. The van der Waals surface area contributed by atoms with Crippen molar-refractivity contribution < 1.29 is 9.53 Å². The van der Waals surface area contributed by atoms with Crippen molar-refractivity contribution in [2.75, 3.05) is 20.1 Å². The lowest BCUT2D eigenvalue weighted by Gasteiger charge is -2.32. The molecule has 0 aromatic heterocycles. The van der Waals surface area contributed by atoms with E-state index >= 15 is 0 Å². The number of amides is 2. The van der Waals surface area contributed by atoms with Crippen LogP contribution in [0.3, 0.4) is 0 Å². The second-order valence-corrected chi connectivity index (χ2v) is 7.31. The Hall–Kier alpha value is -1.59. The van der Waals surface area contributed by atoms with Crippen LogP contribution in [0.4, 0.5) is 4.79 Å². The predicted molar refractivity (Wildman–Crippen MR) is 101 cm³/mol. The lowest BCUT2D eigenvalue weighted by atomic mass is 9.92. The van der Waals surface area contributed by atoms with E-state index in [0.717, 1.165) is 31.5 Å². The van der Waals surface area contributed by atoms with E-state index in [1.54, 1.807) is 0 Å². The van der Waals surface area contributed by atoms with E-state index in [1.807, 2.05) is 0 Å². The van der Waals surface area contributed by atoms with Crippen LogP contribution in [0.1, 0.15) is 44.7 Å². The molecule has 0 spiro atoms. The Morgan fingerprint density at radius 2 is 1.88 bits per heavy atom. The highest BCUT2D eigenvalue weighted by atomic mass is 16.5. The molecule has 5 nitrogen and oxygen atoms in total. The van der Waals surface area contributed by atoms with Crippen molar-refractivity contribution in [3.8, 4) is 0 Å². The summed E-state index contributed by atoms with van der Waals surface area (Å²) < 4.78 is 5.74. The first-order valence-corrected chi connectivity index (χ1v) is 9.39. The van der Waals surface area contributed by atoms with Gasteiger partial charge in [0, 0.05) is 19.6 Å². The Balaban J connectivity index is 1.73. The average molecular weight is 348 g/mol. The zero-order valence-corrected chi connectivity index (χ0v) is 16.0. The Kier molecular flexibility index (Phi) is 7.72. The maximum atomic E-state index is 12.1. The molecule has 1 aliphatic heterocycles. The SMILES string of the molecule is CCN(C)Cc1cccc(CNC(=O)NCC2CC(C)OC(C)C2)c1. The number of nitrogens with zero attached hydrogens (tertiary/aromatic N) is 1. The number of carbonyl (C=O) groups excluding carboxylic acids is 1. The summed E-state index contributed by atoms with van der Waals surface area (Å²) in [7, 11) is 2.11. The van der Waals surface area contributed by atoms with E-state index in [4.69, 9.17) is 4.74 Å². The molecule has 1 aromatic rings. The van der Waals surface area contributed by atoms with Crippen molar-refractivity contribution in [2.45, 2.75) is 58.9 Å². The number of nitrogens with one attached hydrogen (secondary N) is 2. The van der Waals surface area contributed by atoms with Crippen molar-refractivity contribution in [3.63, 3.8) is 0 Å². The quantitative estimate of drug-likeness (QED) is 0.797. The van der Waals surface area contributed by atoms with Crippen LogP contribution in [0.2, 0.25) is 0 Å². The smallest absolute Gasteiger partial charge is 0.315 e. The van der Waals surface area contributed by atoms with Crippen LogP contribution in [0, 0.1) is 5.92 Å². The lowest BCUT2D eigenvalue weighted by molar-refractivity contribution is -0.0511. The maximum Gasteiger partial charge on any atom is 0.315 e. The summed E-state index contributed by atoms with van der Waals surface area (Å²) in [4.78, 5) is 14.3. The summed E-state index contributed by atoms with van der Waals surface area (Å²) in [5, 5.41) is 5.97. The molecule has 140 valence electrons. The number of hydrogen-bond donors (Lipinski definition) is 2. The Labute approximate surface area is 152 Å². The summed E-state index contributed by atoms with van der Waals surface area (Å²) in [6.45, 7) is 9.57. The molecule has 2 N–H and O–H groups in total. The van der Waals surface area contributed by atoms with Gasteiger partial charge in [0.15, 0.2) is 0 Å². The highest BCUT2D eigenvalue weighted by molar-refractivity contribution is 5.73. The van der Waals surface area contributed by atoms with Gasteiger partial charge in [-0.15, -0.1) is 0 Å². The third-order valence-electron chi connectivity index (χ3n) is 4.78. The third kappa shape index (κ3) is 7.04. The minimum atomic E-state index is -0.0946. The zero-order valence-electron chi connectivity index (χ0n) is 16.0. The first-order chi connectivity index (χ1) is 12.0. The van der Waals surface area contributed by atoms with Gasteiger partial charge in [0.25, 0.3) is 0 Å². The van der Waals surface area contributed by atoms with E-state index in [1.165, 1.54) is 5.56 Å². The van der Waals surface area contributed by atoms with Gasteiger partial charge >= 0.3 is 6.03 Å². The van der Waals surface area contributed by atoms with Crippen molar-refractivity contribution in [1.82, 2.24) is 15.5 Å². The minimum Gasteiger partial charge on any atom is -0.376 e. The Morgan fingerprint density at radius 3 is 2.56 bits per heavy atom. The van der Waals surface area contributed by atoms with Crippen LogP contribution < -0.4 is 10.6 Å². The van der Waals surface area contributed by atoms with Gasteiger partial charge in [-0.3, -0.25) is 0 Å². The number of rotatable bonds is 7. The van der Waals surface area contributed by atoms with Crippen LogP contribution in [-0.2, 0) is 17.8 Å². The third-order valence-corrected chi connectivity index (χ3v) is 4.78. The second kappa shape index (κ2) is 9.78. The fourth-order valence-electron chi connectivity index (χ4n) is 3.45. The topological polar surface area (TPSA) is 53.6 Å². The molecule has 5 heteroatoms. The summed E-state index contributed by atoms with van der Waals surface area (Å²) in [6.07, 6.45) is 2.58. The van der Waals surface area contributed by atoms with Gasteiger partial charge in [0.05, 0.1) is 12.2 Å². The van der Waals surface area contributed by atoms with Crippen LogP contribution >= 0.6 is 0 Å². The number of benzene rings is 1. The standard InChI is InChI=1S/C20H33N3O2/c1-5-23(4)14-18-8-6-7-17(11-18)12-21-20(24)22-13-19-9-15(2)25-16(3)10-19/h6-8,11,15-16,19H,5,9-10,12-14H2,1-4H3,(H2,21,22,24). The van der Waals surface area contributed by atoms with E-state index in [-0.39, 0.29) is 18.2 Å². The molecule has 1 heterocycles. The normalized spacial score (nSPS) is 23.5. The van der Waals surface area contributed by atoms with Crippen LogP contribution in [0.15, 0.2) is 24.3 Å². The molecule has 1 fully saturated rings. The molecule has 0 saturated carbocycles. The summed E-state index contributed by atoms with van der Waals surface area (Å²) in [5.41, 5.74) is 2.40. The highest BCUT2D eigenvalue weighted by Crippen LogP contribution is 2.23. The first-order valence-electron chi connectivity index (χ1n) is 9.39. The Morgan fingerprint density at radius 1 is 1.20 bits per heavy atom. The monoisotopic (exact) mass is 347 g/mol.